The Morgan fingerprint density at radius 2 is 1.75 bits per heavy atom. The number of hydrogen-bond acceptors (Lipinski definition) is 5. The first kappa shape index (κ1) is 21.8. The molecule has 0 unspecified atom stereocenters. The highest BCUT2D eigenvalue weighted by atomic mass is 19.3. The summed E-state index contributed by atoms with van der Waals surface area (Å²) in [5.74, 6) is -0.172. The van der Waals surface area contributed by atoms with Gasteiger partial charge in [0.2, 0.25) is 11.8 Å². The molecule has 1 aromatic heterocycles. The van der Waals surface area contributed by atoms with E-state index in [0.717, 1.165) is 0 Å². The van der Waals surface area contributed by atoms with E-state index < -0.39 is 12.7 Å². The number of ether oxygens (including phenoxy) is 1. The lowest BCUT2D eigenvalue weighted by molar-refractivity contribution is -0.142. The molecule has 2 aliphatic heterocycles. The van der Waals surface area contributed by atoms with Gasteiger partial charge in [-0.25, -0.2) is 0 Å². The van der Waals surface area contributed by atoms with Crippen LogP contribution < -0.4 is 4.74 Å². The quantitative estimate of drug-likeness (QED) is 0.679. The molecule has 2 aromatic rings. The Morgan fingerprint density at radius 3 is 2.38 bits per heavy atom. The molecule has 170 valence electrons. The minimum atomic E-state index is -2.90. The summed E-state index contributed by atoms with van der Waals surface area (Å²) in [7, 11) is 0. The molecular formula is C22H23F2N3O5. The molecule has 2 fully saturated rings. The molecule has 0 bridgehead atoms. The molecule has 0 aliphatic carbocycles. The molecule has 0 saturated carbocycles. The normalized spacial score (nSPS) is 19.0. The molecule has 2 saturated heterocycles. The molecule has 0 N–H and O–H groups in total. The fraction of sp³-hybridized carbons (Fsp3) is 0.409. The molecule has 1 atom stereocenters. The highest BCUT2D eigenvalue weighted by Crippen LogP contribution is 2.25. The third-order valence-corrected chi connectivity index (χ3v) is 5.73. The SMILES string of the molecule is O=C(c1ccco1)N1CCN(C(=O)[C@H]2CCC(=O)N2Cc2ccc(OC(F)F)cc2)CC1. The maximum absolute atomic E-state index is 13.1. The summed E-state index contributed by atoms with van der Waals surface area (Å²) >= 11 is 0. The van der Waals surface area contributed by atoms with Crippen molar-refractivity contribution in [1.82, 2.24) is 14.7 Å². The fourth-order valence-electron chi connectivity index (χ4n) is 4.06. The van der Waals surface area contributed by atoms with Gasteiger partial charge in [0.1, 0.15) is 11.8 Å². The summed E-state index contributed by atoms with van der Waals surface area (Å²) in [5, 5.41) is 0. The van der Waals surface area contributed by atoms with Crippen LogP contribution in [0.1, 0.15) is 29.0 Å². The van der Waals surface area contributed by atoms with Crippen molar-refractivity contribution in [2.45, 2.75) is 32.0 Å². The third-order valence-electron chi connectivity index (χ3n) is 5.73. The van der Waals surface area contributed by atoms with Crippen molar-refractivity contribution in [3.63, 3.8) is 0 Å². The number of rotatable bonds is 6. The number of carbonyl (C=O) groups excluding carboxylic acids is 3. The van der Waals surface area contributed by atoms with Crippen LogP contribution in [-0.2, 0) is 16.1 Å². The average Bonchev–Trinajstić information content (AvgIpc) is 3.45. The van der Waals surface area contributed by atoms with Crippen LogP contribution >= 0.6 is 0 Å². The fourth-order valence-corrected chi connectivity index (χ4v) is 4.06. The Kier molecular flexibility index (Phi) is 6.38. The average molecular weight is 447 g/mol. The molecule has 10 heteroatoms. The van der Waals surface area contributed by atoms with Crippen LogP contribution in [0.4, 0.5) is 8.78 Å². The van der Waals surface area contributed by atoms with Crippen LogP contribution in [0.5, 0.6) is 5.75 Å². The second-order valence-electron chi connectivity index (χ2n) is 7.69. The van der Waals surface area contributed by atoms with Crippen molar-refractivity contribution < 1.29 is 32.3 Å². The number of halogens is 2. The van der Waals surface area contributed by atoms with Gasteiger partial charge in [-0.1, -0.05) is 12.1 Å². The van der Waals surface area contributed by atoms with Crippen molar-refractivity contribution >= 4 is 17.7 Å². The summed E-state index contributed by atoms with van der Waals surface area (Å²) in [6, 6.07) is 8.70. The summed E-state index contributed by atoms with van der Waals surface area (Å²) < 4.78 is 34.1. The number of piperazine rings is 1. The van der Waals surface area contributed by atoms with Crippen LogP contribution in [0.3, 0.4) is 0 Å². The smallest absolute Gasteiger partial charge is 0.387 e. The molecule has 32 heavy (non-hydrogen) atoms. The zero-order chi connectivity index (χ0) is 22.7. The van der Waals surface area contributed by atoms with Gasteiger partial charge in [-0.15, -0.1) is 0 Å². The Morgan fingerprint density at radius 1 is 1.06 bits per heavy atom. The van der Waals surface area contributed by atoms with Crippen molar-refractivity contribution in [1.29, 1.82) is 0 Å². The van der Waals surface area contributed by atoms with Crippen LogP contribution in [0.25, 0.3) is 0 Å². The van der Waals surface area contributed by atoms with Gasteiger partial charge in [-0.2, -0.15) is 8.78 Å². The maximum Gasteiger partial charge on any atom is 0.387 e. The predicted molar refractivity (Wildman–Crippen MR) is 108 cm³/mol. The lowest BCUT2D eigenvalue weighted by Crippen LogP contribution is -2.54. The first-order chi connectivity index (χ1) is 15.4. The lowest BCUT2D eigenvalue weighted by Gasteiger charge is -2.37. The molecule has 0 spiro atoms. The van der Waals surface area contributed by atoms with Gasteiger partial charge < -0.3 is 23.9 Å². The number of furan rings is 1. The van der Waals surface area contributed by atoms with Crippen molar-refractivity contribution in [3.8, 4) is 5.75 Å². The number of likely N-dealkylation sites (tertiary alicyclic amines) is 1. The Balaban J connectivity index is 1.35. The van der Waals surface area contributed by atoms with Gasteiger partial charge in [-0.3, -0.25) is 14.4 Å². The molecule has 8 nitrogen and oxygen atoms in total. The van der Waals surface area contributed by atoms with E-state index in [-0.39, 0.29) is 42.2 Å². The first-order valence-corrected chi connectivity index (χ1v) is 10.4. The third kappa shape index (κ3) is 4.74. The predicted octanol–water partition coefficient (Wildman–Crippen LogP) is 2.36. The van der Waals surface area contributed by atoms with E-state index in [4.69, 9.17) is 4.42 Å². The minimum absolute atomic E-state index is 0.0334. The summed E-state index contributed by atoms with van der Waals surface area (Å²) in [6.45, 7) is -1.17. The van der Waals surface area contributed by atoms with Gasteiger partial charge in [0.05, 0.1) is 6.26 Å². The van der Waals surface area contributed by atoms with Gasteiger partial charge in [0.15, 0.2) is 5.76 Å². The van der Waals surface area contributed by atoms with E-state index in [1.54, 1.807) is 34.1 Å². The zero-order valence-corrected chi connectivity index (χ0v) is 17.3. The van der Waals surface area contributed by atoms with Crippen molar-refractivity contribution in [2.24, 2.45) is 0 Å². The Bertz CT molecular complexity index is 956. The number of nitrogens with zero attached hydrogens (tertiary/aromatic N) is 3. The molecule has 3 amide bonds. The largest absolute Gasteiger partial charge is 0.459 e. The van der Waals surface area contributed by atoms with Gasteiger partial charge in [-0.05, 0) is 36.2 Å². The molecule has 4 rings (SSSR count). The first-order valence-electron chi connectivity index (χ1n) is 10.4. The Hall–Kier alpha value is -3.43. The van der Waals surface area contributed by atoms with E-state index in [0.29, 0.717) is 38.2 Å². The van der Waals surface area contributed by atoms with Gasteiger partial charge >= 0.3 is 6.61 Å². The van der Waals surface area contributed by atoms with Crippen LogP contribution in [0, 0.1) is 0 Å². The minimum Gasteiger partial charge on any atom is -0.459 e. The van der Waals surface area contributed by atoms with E-state index in [1.807, 2.05) is 0 Å². The van der Waals surface area contributed by atoms with Crippen LogP contribution in [0.15, 0.2) is 47.1 Å². The molecule has 0 radical (unpaired) electrons. The molecule has 2 aliphatic rings. The highest BCUT2D eigenvalue weighted by Gasteiger charge is 2.39. The van der Waals surface area contributed by atoms with E-state index in [1.165, 1.54) is 23.3 Å². The second-order valence-corrected chi connectivity index (χ2v) is 7.69. The monoisotopic (exact) mass is 447 g/mol. The second kappa shape index (κ2) is 9.37. The zero-order valence-electron chi connectivity index (χ0n) is 17.3. The van der Waals surface area contributed by atoms with Crippen LogP contribution in [-0.4, -0.2) is 71.3 Å². The summed E-state index contributed by atoms with van der Waals surface area (Å²) in [6.07, 6.45) is 2.15. The molecule has 1 aromatic carbocycles. The van der Waals surface area contributed by atoms with E-state index >= 15 is 0 Å². The van der Waals surface area contributed by atoms with Crippen molar-refractivity contribution in [3.05, 3.63) is 54.0 Å². The Labute approximate surface area is 183 Å². The topological polar surface area (TPSA) is 83.3 Å². The van der Waals surface area contributed by atoms with Gasteiger partial charge in [0, 0.05) is 39.1 Å². The van der Waals surface area contributed by atoms with E-state index in [9.17, 15) is 23.2 Å². The number of benzene rings is 1. The number of carbonyl (C=O) groups is 3. The van der Waals surface area contributed by atoms with Crippen LogP contribution in [0.2, 0.25) is 0 Å². The summed E-state index contributed by atoms with van der Waals surface area (Å²) in [4.78, 5) is 42.8. The van der Waals surface area contributed by atoms with Crippen molar-refractivity contribution in [2.75, 3.05) is 26.2 Å². The number of hydrogen-bond donors (Lipinski definition) is 0. The molecule has 3 heterocycles. The lowest BCUT2D eigenvalue weighted by atomic mass is 10.1. The standard InChI is InChI=1S/C22H23F2N3O5/c23-22(24)32-16-5-3-15(4-6-16)14-27-17(7-8-19(27)28)20(29)25-9-11-26(12-10-25)21(30)18-2-1-13-31-18/h1-6,13,17,22H,7-12,14H2/t17-/m1/s1. The van der Waals surface area contributed by atoms with Gasteiger partial charge in [0.25, 0.3) is 5.91 Å². The maximum atomic E-state index is 13.1. The molecular weight excluding hydrogens is 424 g/mol. The highest BCUT2D eigenvalue weighted by molar-refractivity contribution is 5.92. The summed E-state index contributed by atoms with van der Waals surface area (Å²) in [5.41, 5.74) is 0.716. The van der Waals surface area contributed by atoms with E-state index in [2.05, 4.69) is 4.74 Å². The number of amides is 3. The number of alkyl halides is 2.